The van der Waals surface area contributed by atoms with Crippen LogP contribution < -0.4 is 4.90 Å². The maximum Gasteiger partial charge on any atom is 0.226 e. The molecule has 0 N–H and O–H groups in total. The second-order valence-electron chi connectivity index (χ2n) is 8.49. The van der Waals surface area contributed by atoms with E-state index in [-0.39, 0.29) is 0 Å². The Labute approximate surface area is 163 Å². The second kappa shape index (κ2) is 5.83. The Kier molecular flexibility index (Phi) is 3.36. The molecule has 2 saturated heterocycles. The van der Waals surface area contributed by atoms with Gasteiger partial charge in [0.1, 0.15) is 0 Å². The largest absolute Gasteiger partial charge is 0.366 e. The van der Waals surface area contributed by atoms with Crippen LogP contribution >= 0.6 is 0 Å². The van der Waals surface area contributed by atoms with Crippen molar-refractivity contribution in [2.75, 3.05) is 18.0 Å². The van der Waals surface area contributed by atoms with E-state index < -0.39 is 0 Å². The molecule has 7 nitrogen and oxygen atoms in total. The molecule has 3 aliphatic rings. The van der Waals surface area contributed by atoms with Gasteiger partial charge in [0.25, 0.3) is 0 Å². The molecule has 2 atom stereocenters. The van der Waals surface area contributed by atoms with Crippen molar-refractivity contribution in [2.45, 2.75) is 37.8 Å². The van der Waals surface area contributed by atoms with E-state index in [1.807, 2.05) is 34.8 Å². The number of carbonyl (C=O) groups is 1. The van der Waals surface area contributed by atoms with Crippen LogP contribution in [-0.4, -0.2) is 55.4 Å². The van der Waals surface area contributed by atoms with Crippen LogP contribution in [-0.2, 0) is 11.8 Å². The first kappa shape index (κ1) is 16.2. The minimum Gasteiger partial charge on any atom is -0.366 e. The minimum atomic E-state index is 0.315. The molecule has 5 heterocycles. The zero-order valence-corrected chi connectivity index (χ0v) is 16.0. The molecule has 28 heavy (non-hydrogen) atoms. The highest BCUT2D eigenvalue weighted by atomic mass is 16.2. The summed E-state index contributed by atoms with van der Waals surface area (Å²) in [5.74, 6) is 0.725. The number of rotatable bonds is 3. The number of anilines is 1. The average molecular weight is 376 g/mol. The quantitative estimate of drug-likeness (QED) is 0.704. The third kappa shape index (κ3) is 2.45. The van der Waals surface area contributed by atoms with Crippen molar-refractivity contribution in [2.24, 2.45) is 13.0 Å². The number of hydrogen-bond donors (Lipinski definition) is 0. The molecular weight excluding hydrogens is 352 g/mol. The molecule has 6 rings (SSSR count). The summed E-state index contributed by atoms with van der Waals surface area (Å²) < 4.78 is 3.78. The Hall–Kier alpha value is -2.83. The van der Waals surface area contributed by atoms with Gasteiger partial charge in [-0.3, -0.25) is 9.48 Å². The van der Waals surface area contributed by atoms with Crippen LogP contribution in [0.25, 0.3) is 16.6 Å². The highest BCUT2D eigenvalue weighted by molar-refractivity contribution is 5.83. The lowest BCUT2D eigenvalue weighted by Gasteiger charge is -2.42. The Morgan fingerprint density at radius 1 is 1.04 bits per heavy atom. The summed E-state index contributed by atoms with van der Waals surface area (Å²) in [6, 6.07) is 5.02. The van der Waals surface area contributed by atoms with E-state index in [1.165, 1.54) is 5.69 Å². The van der Waals surface area contributed by atoms with Crippen LogP contribution in [0, 0.1) is 5.92 Å². The van der Waals surface area contributed by atoms with E-state index in [0.717, 1.165) is 55.4 Å². The summed E-state index contributed by atoms with van der Waals surface area (Å²) >= 11 is 0. The van der Waals surface area contributed by atoms with Gasteiger partial charge in [0.05, 0.1) is 17.4 Å². The predicted octanol–water partition coefficient (Wildman–Crippen LogP) is 2.32. The Balaban J connectivity index is 1.33. The van der Waals surface area contributed by atoms with Crippen molar-refractivity contribution < 1.29 is 4.79 Å². The number of nitrogens with zero attached hydrogens (tertiary/aromatic N) is 6. The number of piperazine rings is 1. The number of hydrogen-bond acceptors (Lipinski definition) is 4. The first-order chi connectivity index (χ1) is 13.7. The van der Waals surface area contributed by atoms with Gasteiger partial charge in [-0.05, 0) is 37.8 Å². The smallest absolute Gasteiger partial charge is 0.226 e. The molecule has 2 aliphatic heterocycles. The van der Waals surface area contributed by atoms with Gasteiger partial charge in [0, 0.05) is 67.9 Å². The normalized spacial score (nSPS) is 24.3. The van der Waals surface area contributed by atoms with Gasteiger partial charge in [-0.15, -0.1) is 0 Å². The number of fused-ring (bicyclic) bond motifs is 3. The van der Waals surface area contributed by atoms with E-state index in [4.69, 9.17) is 0 Å². The average Bonchev–Trinajstić information content (AvgIpc) is 3.22. The predicted molar refractivity (Wildman–Crippen MR) is 106 cm³/mol. The summed E-state index contributed by atoms with van der Waals surface area (Å²) in [4.78, 5) is 17.4. The lowest BCUT2D eigenvalue weighted by molar-refractivity contribution is -0.135. The molecule has 0 radical (unpaired) electrons. The van der Waals surface area contributed by atoms with Crippen LogP contribution in [0.15, 0.2) is 36.9 Å². The first-order valence-electron chi connectivity index (χ1n) is 10.2. The van der Waals surface area contributed by atoms with Gasteiger partial charge in [-0.2, -0.15) is 10.2 Å². The van der Waals surface area contributed by atoms with Crippen molar-refractivity contribution in [3.8, 4) is 11.1 Å². The van der Waals surface area contributed by atoms with Crippen molar-refractivity contribution in [1.29, 1.82) is 0 Å². The summed E-state index contributed by atoms with van der Waals surface area (Å²) in [7, 11) is 1.93. The fourth-order valence-electron chi connectivity index (χ4n) is 5.00. The summed E-state index contributed by atoms with van der Waals surface area (Å²) in [5, 5.41) is 8.80. The van der Waals surface area contributed by atoms with Gasteiger partial charge >= 0.3 is 0 Å². The lowest BCUT2D eigenvalue weighted by atomic mass is 10.1. The highest BCUT2D eigenvalue weighted by Crippen LogP contribution is 2.39. The van der Waals surface area contributed by atoms with Crippen LogP contribution in [0.3, 0.4) is 0 Å². The Morgan fingerprint density at radius 3 is 2.50 bits per heavy atom. The molecule has 2 unspecified atom stereocenters. The highest BCUT2D eigenvalue weighted by Gasteiger charge is 2.46. The lowest BCUT2D eigenvalue weighted by Crippen LogP contribution is -2.56. The third-order valence-corrected chi connectivity index (χ3v) is 6.53. The molecule has 1 saturated carbocycles. The minimum absolute atomic E-state index is 0.315. The van der Waals surface area contributed by atoms with Crippen LogP contribution in [0.4, 0.5) is 5.69 Å². The molecule has 2 bridgehead atoms. The van der Waals surface area contributed by atoms with Crippen molar-refractivity contribution in [3.63, 3.8) is 0 Å². The fraction of sp³-hybridized carbons (Fsp3) is 0.476. The molecule has 7 heteroatoms. The van der Waals surface area contributed by atoms with Crippen molar-refractivity contribution in [3.05, 3.63) is 36.9 Å². The van der Waals surface area contributed by atoms with E-state index in [2.05, 4.69) is 38.3 Å². The number of aryl methyl sites for hydroxylation is 1. The van der Waals surface area contributed by atoms with E-state index >= 15 is 0 Å². The number of aromatic nitrogens is 4. The summed E-state index contributed by atoms with van der Waals surface area (Å²) in [6.07, 6.45) is 12.3. The zero-order chi connectivity index (χ0) is 18.8. The molecule has 3 fully saturated rings. The fourth-order valence-corrected chi connectivity index (χ4v) is 5.00. The van der Waals surface area contributed by atoms with E-state index in [0.29, 0.717) is 23.9 Å². The molecular formula is C21H24N6O. The van der Waals surface area contributed by atoms with Gasteiger partial charge in [-0.1, -0.05) is 0 Å². The van der Waals surface area contributed by atoms with Crippen LogP contribution in [0.5, 0.6) is 0 Å². The first-order valence-corrected chi connectivity index (χ1v) is 10.2. The zero-order valence-electron chi connectivity index (χ0n) is 16.0. The van der Waals surface area contributed by atoms with Gasteiger partial charge in [-0.25, -0.2) is 4.52 Å². The van der Waals surface area contributed by atoms with E-state index in [1.54, 1.807) is 0 Å². The number of amides is 1. The maximum atomic E-state index is 12.7. The summed E-state index contributed by atoms with van der Waals surface area (Å²) in [6.45, 7) is 1.84. The third-order valence-electron chi connectivity index (χ3n) is 6.53. The Morgan fingerprint density at radius 2 is 1.82 bits per heavy atom. The van der Waals surface area contributed by atoms with Crippen molar-refractivity contribution >= 4 is 17.1 Å². The molecule has 144 valence electrons. The van der Waals surface area contributed by atoms with Gasteiger partial charge < -0.3 is 9.80 Å². The summed E-state index contributed by atoms with van der Waals surface area (Å²) in [5.41, 5.74) is 4.54. The molecule has 3 aromatic heterocycles. The van der Waals surface area contributed by atoms with Crippen molar-refractivity contribution in [1.82, 2.24) is 24.3 Å². The van der Waals surface area contributed by atoms with E-state index in [9.17, 15) is 4.79 Å². The standard InChI is InChI=1S/C21H24N6O/c1-24-10-16(9-23-24)15-8-20-19(6-7-22-26(20)11-15)25-12-17-4-5-18(13-25)27(17)21(28)14-2-3-14/h6-11,14,17-18H,2-5,12-13H2,1H3. The SMILES string of the molecule is Cn1cc(-c2cc3c(N4CC5CCC(C4)N5C(=O)C4CC4)ccnn3c2)cn1. The van der Waals surface area contributed by atoms with Gasteiger partial charge in [0.2, 0.25) is 5.91 Å². The monoisotopic (exact) mass is 376 g/mol. The Bertz CT molecular complexity index is 1050. The van der Waals surface area contributed by atoms with Gasteiger partial charge in [0.15, 0.2) is 0 Å². The van der Waals surface area contributed by atoms with Crippen LogP contribution in [0.2, 0.25) is 0 Å². The molecule has 1 aliphatic carbocycles. The molecule has 0 aromatic carbocycles. The number of carbonyl (C=O) groups excluding carboxylic acids is 1. The molecule has 3 aromatic rings. The second-order valence-corrected chi connectivity index (χ2v) is 8.49. The maximum absolute atomic E-state index is 12.7. The topological polar surface area (TPSA) is 58.7 Å². The molecule has 1 amide bonds. The van der Waals surface area contributed by atoms with Crippen LogP contribution in [0.1, 0.15) is 25.7 Å². The molecule has 0 spiro atoms.